The number of carboxylic acid groups (broad SMARTS) is 1. The number of hydrogen-bond acceptors (Lipinski definition) is 5. The van der Waals surface area contributed by atoms with E-state index in [4.69, 9.17) is 10.8 Å². The second-order valence-electron chi connectivity index (χ2n) is 4.06. The highest BCUT2D eigenvalue weighted by atomic mass is 32.2. The lowest BCUT2D eigenvalue weighted by molar-refractivity contribution is -0.138. The van der Waals surface area contributed by atoms with Crippen LogP contribution in [0.15, 0.2) is 0 Å². The van der Waals surface area contributed by atoms with Gasteiger partial charge in [0.25, 0.3) is 0 Å². The molecule has 0 saturated heterocycles. The van der Waals surface area contributed by atoms with Crippen LogP contribution in [0.3, 0.4) is 0 Å². The lowest BCUT2D eigenvalue weighted by Gasteiger charge is -2.16. The van der Waals surface area contributed by atoms with Crippen LogP contribution in [0, 0.1) is 0 Å². The number of hydrogen-bond donors (Lipinski definition) is 3. The first-order valence-electron chi connectivity index (χ1n) is 5.95. The van der Waals surface area contributed by atoms with E-state index in [1.165, 1.54) is 11.9 Å². The number of carbonyl (C=O) groups excluding carboxylic acids is 2. The Morgan fingerprint density at radius 2 is 2.05 bits per heavy atom. The Morgan fingerprint density at radius 1 is 1.42 bits per heavy atom. The van der Waals surface area contributed by atoms with Gasteiger partial charge >= 0.3 is 5.97 Å². The minimum Gasteiger partial charge on any atom is -0.480 e. The number of aliphatic carboxylic acids is 1. The standard InChI is InChI=1S/C11H21N3O4S/c1-3-4-13-9(15)5-14(2)10(16)7-19-6-8(12)11(17)18/h8H,3-7,12H2,1-2H3,(H,13,15)(H,17,18). The molecule has 4 N–H and O–H groups in total. The lowest BCUT2D eigenvalue weighted by atomic mass is 10.4. The number of carbonyl (C=O) groups is 3. The first kappa shape index (κ1) is 17.7. The predicted octanol–water partition coefficient (Wildman–Crippen LogP) is -0.884. The van der Waals surface area contributed by atoms with Crippen molar-refractivity contribution >= 4 is 29.5 Å². The third-order valence-corrected chi connectivity index (χ3v) is 3.26. The Hall–Kier alpha value is -1.28. The van der Waals surface area contributed by atoms with Gasteiger partial charge in [0, 0.05) is 19.3 Å². The molecule has 19 heavy (non-hydrogen) atoms. The molecule has 0 spiro atoms. The average Bonchev–Trinajstić information content (AvgIpc) is 2.35. The fourth-order valence-electron chi connectivity index (χ4n) is 1.08. The van der Waals surface area contributed by atoms with Crippen LogP contribution in [0.2, 0.25) is 0 Å². The van der Waals surface area contributed by atoms with Crippen LogP contribution >= 0.6 is 11.8 Å². The molecule has 0 aromatic heterocycles. The van der Waals surface area contributed by atoms with E-state index in [1.54, 1.807) is 0 Å². The third kappa shape index (κ3) is 8.44. The summed E-state index contributed by atoms with van der Waals surface area (Å²) in [6.07, 6.45) is 0.840. The topological polar surface area (TPSA) is 113 Å². The lowest BCUT2D eigenvalue weighted by Crippen LogP contribution is -2.39. The predicted molar refractivity (Wildman–Crippen MR) is 73.9 cm³/mol. The first-order chi connectivity index (χ1) is 8.88. The van der Waals surface area contributed by atoms with Crippen molar-refractivity contribution in [3.8, 4) is 0 Å². The van der Waals surface area contributed by atoms with Crippen LogP contribution in [0.1, 0.15) is 13.3 Å². The van der Waals surface area contributed by atoms with Crippen molar-refractivity contribution in [2.75, 3.05) is 31.6 Å². The molecule has 0 aromatic rings. The second-order valence-corrected chi connectivity index (χ2v) is 5.09. The fourth-order valence-corrected chi connectivity index (χ4v) is 1.99. The monoisotopic (exact) mass is 291 g/mol. The number of rotatable bonds is 9. The highest BCUT2D eigenvalue weighted by Gasteiger charge is 2.15. The van der Waals surface area contributed by atoms with E-state index in [9.17, 15) is 14.4 Å². The molecule has 0 rings (SSSR count). The Bertz CT molecular complexity index is 325. The zero-order valence-corrected chi connectivity index (χ0v) is 12.0. The number of nitrogens with zero attached hydrogens (tertiary/aromatic N) is 1. The summed E-state index contributed by atoms with van der Waals surface area (Å²) in [7, 11) is 1.53. The normalized spacial score (nSPS) is 11.7. The molecule has 0 fully saturated rings. The van der Waals surface area contributed by atoms with Gasteiger partial charge in [-0.1, -0.05) is 6.92 Å². The number of nitrogens with two attached hydrogens (primary N) is 1. The average molecular weight is 291 g/mol. The Labute approximate surface area is 116 Å². The molecule has 0 radical (unpaired) electrons. The van der Waals surface area contributed by atoms with Crippen molar-refractivity contribution < 1.29 is 19.5 Å². The molecule has 0 saturated carbocycles. The number of carboxylic acids is 1. The van der Waals surface area contributed by atoms with Gasteiger partial charge in [0.1, 0.15) is 6.04 Å². The van der Waals surface area contributed by atoms with E-state index < -0.39 is 12.0 Å². The molecule has 0 aliphatic rings. The molecule has 0 aliphatic carbocycles. The molecule has 2 amide bonds. The summed E-state index contributed by atoms with van der Waals surface area (Å²) in [5.41, 5.74) is 5.31. The van der Waals surface area contributed by atoms with Crippen molar-refractivity contribution in [3.63, 3.8) is 0 Å². The highest BCUT2D eigenvalue weighted by Crippen LogP contribution is 2.03. The van der Waals surface area contributed by atoms with Crippen LogP contribution in [0.5, 0.6) is 0 Å². The van der Waals surface area contributed by atoms with Crippen LogP contribution in [-0.2, 0) is 14.4 Å². The van der Waals surface area contributed by atoms with Crippen molar-refractivity contribution in [3.05, 3.63) is 0 Å². The van der Waals surface area contributed by atoms with Crippen LogP contribution in [-0.4, -0.2) is 65.5 Å². The van der Waals surface area contributed by atoms with Gasteiger partial charge in [-0.05, 0) is 6.42 Å². The van der Waals surface area contributed by atoms with Gasteiger partial charge in [-0.25, -0.2) is 0 Å². The Morgan fingerprint density at radius 3 is 2.58 bits per heavy atom. The minimum atomic E-state index is -1.09. The van der Waals surface area contributed by atoms with E-state index in [-0.39, 0.29) is 29.9 Å². The summed E-state index contributed by atoms with van der Waals surface area (Å²) >= 11 is 1.14. The molecule has 1 atom stereocenters. The first-order valence-corrected chi connectivity index (χ1v) is 7.10. The summed E-state index contributed by atoms with van der Waals surface area (Å²) in [4.78, 5) is 34.8. The molecule has 0 heterocycles. The summed E-state index contributed by atoms with van der Waals surface area (Å²) in [5.74, 6) is -1.25. The molecular weight excluding hydrogens is 270 g/mol. The van der Waals surface area contributed by atoms with Crippen molar-refractivity contribution in [1.82, 2.24) is 10.2 Å². The number of thioether (sulfide) groups is 1. The van der Waals surface area contributed by atoms with E-state index in [0.29, 0.717) is 6.54 Å². The van der Waals surface area contributed by atoms with Crippen molar-refractivity contribution in [2.24, 2.45) is 5.73 Å². The zero-order valence-electron chi connectivity index (χ0n) is 11.2. The van der Waals surface area contributed by atoms with Gasteiger partial charge in [-0.2, -0.15) is 0 Å². The number of likely N-dealkylation sites (N-methyl/N-ethyl adjacent to an activating group) is 1. The SMILES string of the molecule is CCCNC(=O)CN(C)C(=O)CSCC(N)C(=O)O. The largest absolute Gasteiger partial charge is 0.480 e. The van der Waals surface area contributed by atoms with E-state index >= 15 is 0 Å². The van der Waals surface area contributed by atoms with Gasteiger partial charge < -0.3 is 21.1 Å². The Balaban J connectivity index is 3.87. The van der Waals surface area contributed by atoms with Gasteiger partial charge in [0.15, 0.2) is 0 Å². The van der Waals surface area contributed by atoms with Crippen LogP contribution in [0.25, 0.3) is 0 Å². The number of amides is 2. The van der Waals surface area contributed by atoms with Crippen molar-refractivity contribution in [1.29, 1.82) is 0 Å². The van der Waals surface area contributed by atoms with Gasteiger partial charge in [0.05, 0.1) is 12.3 Å². The van der Waals surface area contributed by atoms with Crippen LogP contribution in [0.4, 0.5) is 0 Å². The molecule has 1 unspecified atom stereocenters. The van der Waals surface area contributed by atoms with Crippen LogP contribution < -0.4 is 11.1 Å². The summed E-state index contributed by atoms with van der Waals surface area (Å²) < 4.78 is 0. The molecule has 8 heteroatoms. The molecule has 110 valence electrons. The van der Waals surface area contributed by atoms with Crippen molar-refractivity contribution in [2.45, 2.75) is 19.4 Å². The maximum atomic E-state index is 11.6. The van der Waals surface area contributed by atoms with E-state index in [1.807, 2.05) is 6.92 Å². The maximum Gasteiger partial charge on any atom is 0.321 e. The van der Waals surface area contributed by atoms with E-state index in [0.717, 1.165) is 18.2 Å². The fraction of sp³-hybridized carbons (Fsp3) is 0.727. The molecule has 7 nitrogen and oxygen atoms in total. The van der Waals surface area contributed by atoms with Gasteiger partial charge in [0.2, 0.25) is 11.8 Å². The summed E-state index contributed by atoms with van der Waals surface area (Å²) in [6.45, 7) is 2.53. The molecule has 0 aromatic carbocycles. The summed E-state index contributed by atoms with van der Waals surface area (Å²) in [5, 5.41) is 11.2. The molecular formula is C11H21N3O4S. The third-order valence-electron chi connectivity index (χ3n) is 2.22. The van der Waals surface area contributed by atoms with Gasteiger partial charge in [-0.3, -0.25) is 14.4 Å². The highest BCUT2D eigenvalue weighted by molar-refractivity contribution is 8.00. The summed E-state index contributed by atoms with van der Waals surface area (Å²) in [6, 6.07) is -0.976. The van der Waals surface area contributed by atoms with E-state index in [2.05, 4.69) is 5.32 Å². The smallest absolute Gasteiger partial charge is 0.321 e. The maximum absolute atomic E-state index is 11.6. The van der Waals surface area contributed by atoms with Gasteiger partial charge in [-0.15, -0.1) is 11.8 Å². The molecule has 0 bridgehead atoms. The number of nitrogens with one attached hydrogen (secondary N) is 1. The second kappa shape index (κ2) is 9.62. The quantitative estimate of drug-likeness (QED) is 0.508. The Kier molecular flexibility index (Phi) is 8.98. The molecule has 0 aliphatic heterocycles. The minimum absolute atomic E-state index is 0.00434. The zero-order chi connectivity index (χ0) is 14.8.